The maximum absolute atomic E-state index is 5.72. The Balaban J connectivity index is 0.00000182. The van der Waals surface area contributed by atoms with Gasteiger partial charge in [0.05, 0.1) is 11.4 Å². The molecule has 2 aliphatic heterocycles. The van der Waals surface area contributed by atoms with Gasteiger partial charge in [0.15, 0.2) is 0 Å². The number of nitrogens with one attached hydrogen (secondary N) is 2. The van der Waals surface area contributed by atoms with Gasteiger partial charge in [-0.05, 0) is 44.5 Å². The molecule has 2 unspecified atom stereocenters. The topological polar surface area (TPSA) is 67.4 Å². The predicted molar refractivity (Wildman–Crippen MR) is 101 cm³/mol. The van der Waals surface area contributed by atoms with Crippen molar-refractivity contribution in [3.05, 3.63) is 47.8 Å². The van der Waals surface area contributed by atoms with E-state index in [-0.39, 0.29) is 38.9 Å². The molecule has 2 aromatic carbocycles. The van der Waals surface area contributed by atoms with E-state index in [0.717, 1.165) is 35.0 Å². The molecule has 0 bridgehead atoms. The molecule has 25 heavy (non-hydrogen) atoms. The van der Waals surface area contributed by atoms with Crippen molar-refractivity contribution in [1.82, 2.24) is 4.90 Å². The van der Waals surface area contributed by atoms with Crippen molar-refractivity contribution in [3.8, 4) is 0 Å². The van der Waals surface area contributed by atoms with Crippen molar-refractivity contribution < 1.29 is 32.7 Å². The van der Waals surface area contributed by atoms with Crippen LogP contribution >= 0.6 is 0 Å². The molecule has 1 saturated heterocycles. The molecule has 0 aromatic heterocycles. The van der Waals surface area contributed by atoms with E-state index in [1.165, 1.54) is 19.4 Å². The minimum Gasteiger partial charge on any atom is -0.658 e. The molecule has 2 aliphatic rings. The van der Waals surface area contributed by atoms with Crippen LogP contribution in [-0.4, -0.2) is 30.2 Å². The molecule has 2 heterocycles. The molecule has 4 rings (SSSR count). The van der Waals surface area contributed by atoms with Crippen molar-refractivity contribution in [2.24, 2.45) is 0 Å². The van der Waals surface area contributed by atoms with Crippen LogP contribution in [0.5, 0.6) is 0 Å². The van der Waals surface area contributed by atoms with Crippen LogP contribution in [0.1, 0.15) is 19.8 Å². The molecule has 4 N–H and O–H groups in total. The monoisotopic (exact) mass is 411 g/mol. The Kier molecular flexibility index (Phi) is 5.87. The van der Waals surface area contributed by atoms with Crippen LogP contribution in [0.3, 0.4) is 0 Å². The number of hydrogen-bond acceptors (Lipinski definition) is 4. The number of benzene rings is 2. The third-order valence-electron chi connectivity index (χ3n) is 4.92. The van der Waals surface area contributed by atoms with Crippen molar-refractivity contribution in [1.29, 1.82) is 0 Å². The Labute approximate surface area is 174 Å². The van der Waals surface area contributed by atoms with E-state index < -0.39 is 0 Å². The number of likely N-dealkylation sites (tertiary alicyclic amines) is 1. The smallest absolute Gasteiger partial charge is 0.110 e. The van der Waals surface area contributed by atoms with Crippen molar-refractivity contribution in [3.63, 3.8) is 0 Å². The average Bonchev–Trinajstić information content (AvgIpc) is 3.15. The molecule has 6 heteroatoms. The number of fused-ring (bicyclic) bond motifs is 1. The molecular formula is C19H24N5Y-. The summed E-state index contributed by atoms with van der Waals surface area (Å²) in [5.74, 6) is 0. The predicted octanol–water partition coefficient (Wildman–Crippen LogP) is 4.25. The summed E-state index contributed by atoms with van der Waals surface area (Å²) in [6.07, 6.45) is 2.89. The molecule has 2 atom stereocenters. The number of anilines is 3. The second kappa shape index (κ2) is 7.94. The molecule has 0 amide bonds. The van der Waals surface area contributed by atoms with Crippen LogP contribution in [0, 0.1) is 0 Å². The van der Waals surface area contributed by atoms with Crippen LogP contribution in [0.15, 0.2) is 42.5 Å². The zero-order valence-corrected chi connectivity index (χ0v) is 17.4. The van der Waals surface area contributed by atoms with Crippen LogP contribution in [-0.2, 0) is 32.7 Å². The standard InChI is InChI=1S/C19H24N5.Y/c1-13-3-2-10-24(13)12-19-22-17-9-8-16(11-18(17)23-19)21-15-6-4-14(20)5-7-15;/h4-9,11,13,19,22-23H,2-3,10,12,20H2,1H3;/q-1;. The van der Waals surface area contributed by atoms with Gasteiger partial charge in [-0.1, -0.05) is 24.3 Å². The fourth-order valence-corrected chi connectivity index (χ4v) is 3.55. The third-order valence-corrected chi connectivity index (χ3v) is 4.92. The summed E-state index contributed by atoms with van der Waals surface area (Å²) in [5, 5.41) is 11.8. The molecule has 0 aliphatic carbocycles. The van der Waals surface area contributed by atoms with Gasteiger partial charge in [-0.25, -0.2) is 0 Å². The van der Waals surface area contributed by atoms with Gasteiger partial charge in [-0.15, -0.1) is 11.4 Å². The van der Waals surface area contributed by atoms with Gasteiger partial charge in [0.25, 0.3) is 0 Å². The fraction of sp³-hybridized carbons (Fsp3) is 0.368. The van der Waals surface area contributed by atoms with Crippen LogP contribution in [0.4, 0.5) is 28.4 Å². The third kappa shape index (κ3) is 4.28. The summed E-state index contributed by atoms with van der Waals surface area (Å²) in [7, 11) is 0. The minimum absolute atomic E-state index is 0. The van der Waals surface area contributed by atoms with Crippen LogP contribution in [0.25, 0.3) is 5.32 Å². The molecule has 2 aromatic rings. The molecule has 1 radical (unpaired) electrons. The fourth-order valence-electron chi connectivity index (χ4n) is 3.55. The molecule has 1 fully saturated rings. The Morgan fingerprint density at radius 2 is 1.80 bits per heavy atom. The zero-order chi connectivity index (χ0) is 16.5. The number of nitrogens with two attached hydrogens (primary N) is 1. The van der Waals surface area contributed by atoms with E-state index in [1.807, 2.05) is 30.3 Å². The van der Waals surface area contributed by atoms with Gasteiger partial charge in [0.1, 0.15) is 6.17 Å². The summed E-state index contributed by atoms with van der Waals surface area (Å²) in [6.45, 7) is 4.55. The van der Waals surface area contributed by atoms with Gasteiger partial charge >= 0.3 is 0 Å². The van der Waals surface area contributed by atoms with E-state index in [2.05, 4.69) is 39.9 Å². The van der Waals surface area contributed by atoms with Crippen molar-refractivity contribution in [2.75, 3.05) is 29.5 Å². The second-order valence-electron chi connectivity index (χ2n) is 6.76. The first-order valence-corrected chi connectivity index (χ1v) is 8.66. The average molecular weight is 411 g/mol. The zero-order valence-electron chi connectivity index (χ0n) is 14.6. The number of nitrogens with zero attached hydrogens (tertiary/aromatic N) is 2. The Bertz CT molecular complexity index is 718. The molecular weight excluding hydrogens is 387 g/mol. The van der Waals surface area contributed by atoms with E-state index in [4.69, 9.17) is 5.73 Å². The van der Waals surface area contributed by atoms with Gasteiger partial charge in [-0.3, -0.25) is 4.90 Å². The second-order valence-corrected chi connectivity index (χ2v) is 6.76. The van der Waals surface area contributed by atoms with Crippen molar-refractivity contribution in [2.45, 2.75) is 32.0 Å². The van der Waals surface area contributed by atoms with E-state index in [1.54, 1.807) is 0 Å². The molecule has 129 valence electrons. The molecule has 0 saturated carbocycles. The first-order valence-electron chi connectivity index (χ1n) is 8.66. The summed E-state index contributed by atoms with van der Waals surface area (Å²) in [6, 6.07) is 14.6. The first kappa shape index (κ1) is 18.5. The normalized spacial score (nSPS) is 21.8. The van der Waals surface area contributed by atoms with E-state index in [9.17, 15) is 0 Å². The Morgan fingerprint density at radius 1 is 1.08 bits per heavy atom. The minimum atomic E-state index is 0. The number of nitrogen functional groups attached to an aromatic ring is 1. The summed E-state index contributed by atoms with van der Waals surface area (Å²) in [5.41, 5.74) is 10.6. The number of rotatable bonds is 4. The SMILES string of the molecule is CC1CCCN1CC1Nc2ccc([N-]c3ccc(N)cc3)cc2N1.[Y]. The van der Waals surface area contributed by atoms with Gasteiger partial charge < -0.3 is 21.7 Å². The molecule has 0 spiro atoms. The van der Waals surface area contributed by atoms with Crippen LogP contribution < -0.4 is 16.4 Å². The van der Waals surface area contributed by atoms with Gasteiger partial charge in [0, 0.05) is 51.0 Å². The Morgan fingerprint density at radius 3 is 2.52 bits per heavy atom. The maximum Gasteiger partial charge on any atom is 0.110 e. The summed E-state index contributed by atoms with van der Waals surface area (Å²) < 4.78 is 0. The Hall–Kier alpha value is -1.30. The number of hydrogen-bond donors (Lipinski definition) is 3. The summed E-state index contributed by atoms with van der Waals surface area (Å²) in [4.78, 5) is 2.55. The van der Waals surface area contributed by atoms with Gasteiger partial charge in [0.2, 0.25) is 0 Å². The maximum atomic E-state index is 5.72. The largest absolute Gasteiger partial charge is 0.658 e. The van der Waals surface area contributed by atoms with E-state index >= 15 is 0 Å². The molecule has 5 nitrogen and oxygen atoms in total. The summed E-state index contributed by atoms with van der Waals surface area (Å²) >= 11 is 0. The van der Waals surface area contributed by atoms with Crippen LogP contribution in [0.2, 0.25) is 0 Å². The van der Waals surface area contributed by atoms with Crippen molar-refractivity contribution >= 4 is 28.4 Å². The van der Waals surface area contributed by atoms with E-state index in [0.29, 0.717) is 6.04 Å². The first-order chi connectivity index (χ1) is 11.7. The quantitative estimate of drug-likeness (QED) is 0.658. The van der Waals surface area contributed by atoms with Gasteiger partial charge in [-0.2, -0.15) is 0 Å².